The van der Waals surface area contributed by atoms with E-state index in [4.69, 9.17) is 9.47 Å². The molecule has 0 N–H and O–H groups in total. The number of nitrogens with zero attached hydrogens (tertiary/aromatic N) is 3. The zero-order chi connectivity index (χ0) is 24.8. The summed E-state index contributed by atoms with van der Waals surface area (Å²) in [7, 11) is 0. The SMILES string of the molecule is CC(C)OC(=O)c1cccnc1N1CCN(Cc2ccc(COC3=C(F)CCC=C3F)cc2)CC1. The lowest BCUT2D eigenvalue weighted by molar-refractivity contribution is 0.0378. The summed E-state index contributed by atoms with van der Waals surface area (Å²) >= 11 is 0. The Morgan fingerprint density at radius 1 is 1.06 bits per heavy atom. The van der Waals surface area contributed by atoms with Crippen molar-refractivity contribution in [3.63, 3.8) is 0 Å². The Morgan fingerprint density at radius 2 is 1.77 bits per heavy atom. The molecule has 1 aliphatic heterocycles. The summed E-state index contributed by atoms with van der Waals surface area (Å²) in [6.45, 7) is 7.74. The fourth-order valence-corrected chi connectivity index (χ4v) is 4.17. The van der Waals surface area contributed by atoms with Crippen molar-refractivity contribution in [2.24, 2.45) is 0 Å². The molecule has 1 aliphatic carbocycles. The Bertz CT molecular complexity index is 1090. The van der Waals surface area contributed by atoms with Gasteiger partial charge in [-0.25, -0.2) is 18.6 Å². The second-order valence-electron chi connectivity index (χ2n) is 9.02. The maximum Gasteiger partial charge on any atom is 0.342 e. The number of carbonyl (C=O) groups is 1. The second-order valence-corrected chi connectivity index (χ2v) is 9.02. The van der Waals surface area contributed by atoms with Gasteiger partial charge in [0.2, 0.25) is 0 Å². The highest BCUT2D eigenvalue weighted by Crippen LogP contribution is 2.29. The van der Waals surface area contributed by atoms with Crippen LogP contribution in [0, 0.1) is 0 Å². The highest BCUT2D eigenvalue weighted by atomic mass is 19.1. The van der Waals surface area contributed by atoms with Crippen molar-refractivity contribution in [2.75, 3.05) is 31.1 Å². The average molecular weight is 484 g/mol. The Kier molecular flexibility index (Phi) is 8.13. The maximum absolute atomic E-state index is 13.8. The van der Waals surface area contributed by atoms with Crippen molar-refractivity contribution < 1.29 is 23.0 Å². The Hall–Kier alpha value is -3.26. The summed E-state index contributed by atoms with van der Waals surface area (Å²) in [4.78, 5) is 21.4. The molecule has 0 unspecified atom stereocenters. The normalized spacial score (nSPS) is 16.9. The van der Waals surface area contributed by atoms with E-state index in [1.807, 2.05) is 38.1 Å². The minimum atomic E-state index is -0.626. The number of ether oxygens (including phenoxy) is 2. The third-order valence-corrected chi connectivity index (χ3v) is 5.98. The molecular formula is C27H31F2N3O3. The first-order chi connectivity index (χ1) is 16.9. The number of benzene rings is 1. The molecule has 0 amide bonds. The maximum atomic E-state index is 13.8. The number of esters is 1. The minimum absolute atomic E-state index is 0.120. The lowest BCUT2D eigenvalue weighted by Crippen LogP contribution is -2.46. The molecular weight excluding hydrogens is 452 g/mol. The fourth-order valence-electron chi connectivity index (χ4n) is 4.17. The zero-order valence-electron chi connectivity index (χ0n) is 20.2. The van der Waals surface area contributed by atoms with Crippen LogP contribution in [0.4, 0.5) is 14.6 Å². The minimum Gasteiger partial charge on any atom is -0.483 e. The predicted molar refractivity (Wildman–Crippen MR) is 130 cm³/mol. The van der Waals surface area contributed by atoms with Gasteiger partial charge in [0.1, 0.15) is 23.8 Å². The molecule has 1 saturated heterocycles. The molecule has 0 saturated carbocycles. The second kappa shape index (κ2) is 11.4. The zero-order valence-corrected chi connectivity index (χ0v) is 20.2. The predicted octanol–water partition coefficient (Wildman–Crippen LogP) is 5.31. The van der Waals surface area contributed by atoms with Crippen molar-refractivity contribution in [3.05, 3.63) is 82.8 Å². The van der Waals surface area contributed by atoms with Gasteiger partial charge in [0, 0.05) is 45.3 Å². The van der Waals surface area contributed by atoms with Crippen LogP contribution in [-0.2, 0) is 22.6 Å². The van der Waals surface area contributed by atoms with E-state index in [1.54, 1.807) is 18.3 Å². The molecule has 1 aromatic carbocycles. The van der Waals surface area contributed by atoms with E-state index in [0.29, 0.717) is 17.8 Å². The molecule has 6 nitrogen and oxygen atoms in total. The summed E-state index contributed by atoms with van der Waals surface area (Å²) in [5.74, 6) is -1.12. The van der Waals surface area contributed by atoms with E-state index in [2.05, 4.69) is 14.8 Å². The van der Waals surface area contributed by atoms with E-state index >= 15 is 0 Å². The number of hydrogen-bond donors (Lipinski definition) is 0. The lowest BCUT2D eigenvalue weighted by Gasteiger charge is -2.36. The largest absolute Gasteiger partial charge is 0.483 e. The van der Waals surface area contributed by atoms with Crippen LogP contribution in [-0.4, -0.2) is 48.1 Å². The van der Waals surface area contributed by atoms with Crippen molar-refractivity contribution in [1.29, 1.82) is 0 Å². The lowest BCUT2D eigenvalue weighted by atomic mass is 10.1. The summed E-state index contributed by atoms with van der Waals surface area (Å²) in [5, 5.41) is 0. The highest BCUT2D eigenvalue weighted by molar-refractivity contribution is 5.94. The van der Waals surface area contributed by atoms with Gasteiger partial charge in [0.15, 0.2) is 11.6 Å². The van der Waals surface area contributed by atoms with E-state index in [9.17, 15) is 13.6 Å². The summed E-state index contributed by atoms with van der Waals surface area (Å²) in [6.07, 6.45) is 3.41. The molecule has 2 aromatic rings. The first kappa shape index (κ1) is 24.9. The van der Waals surface area contributed by atoms with Crippen molar-refractivity contribution in [2.45, 2.75) is 45.9 Å². The van der Waals surface area contributed by atoms with E-state index < -0.39 is 11.7 Å². The van der Waals surface area contributed by atoms with Crippen LogP contribution in [0.1, 0.15) is 48.2 Å². The van der Waals surface area contributed by atoms with Gasteiger partial charge >= 0.3 is 5.97 Å². The van der Waals surface area contributed by atoms with Crippen molar-refractivity contribution in [3.8, 4) is 0 Å². The molecule has 0 atom stereocenters. The van der Waals surface area contributed by atoms with Gasteiger partial charge < -0.3 is 14.4 Å². The number of carbonyl (C=O) groups excluding carboxylic acids is 1. The number of piperazine rings is 1. The summed E-state index contributed by atoms with van der Waals surface area (Å²) in [5.41, 5.74) is 2.50. The number of allylic oxidation sites excluding steroid dienone is 3. The van der Waals surface area contributed by atoms with Crippen molar-refractivity contribution >= 4 is 11.8 Å². The highest BCUT2D eigenvalue weighted by Gasteiger charge is 2.24. The standard InChI is InChI=1S/C27H31F2N3O3/c1-19(2)35-27(33)22-5-4-12-30-26(22)32-15-13-31(14-16-32)17-20-8-10-21(11-9-20)18-34-25-23(28)6-3-7-24(25)29/h4-6,8-12,19H,3,7,13-18H2,1-2H3. The first-order valence-electron chi connectivity index (χ1n) is 12.0. The fraction of sp³-hybridized carbons (Fsp3) is 0.407. The third kappa shape index (κ3) is 6.45. The van der Waals surface area contributed by atoms with Crippen LogP contribution in [0.2, 0.25) is 0 Å². The number of hydrogen-bond acceptors (Lipinski definition) is 6. The summed E-state index contributed by atoms with van der Waals surface area (Å²) < 4.78 is 38.4. The topological polar surface area (TPSA) is 54.9 Å². The average Bonchev–Trinajstić information content (AvgIpc) is 2.85. The molecule has 0 spiro atoms. The van der Waals surface area contributed by atoms with E-state index in [-0.39, 0.29) is 30.9 Å². The number of pyridine rings is 1. The monoisotopic (exact) mass is 483 g/mol. The molecule has 1 aromatic heterocycles. The Labute approximate surface area is 204 Å². The van der Waals surface area contributed by atoms with E-state index in [0.717, 1.165) is 43.9 Å². The van der Waals surface area contributed by atoms with Crippen LogP contribution in [0.5, 0.6) is 0 Å². The Morgan fingerprint density at radius 3 is 2.46 bits per heavy atom. The van der Waals surface area contributed by atoms with Gasteiger partial charge in [0.25, 0.3) is 0 Å². The van der Waals surface area contributed by atoms with Crippen LogP contribution in [0.15, 0.2) is 66.1 Å². The molecule has 2 aliphatic rings. The van der Waals surface area contributed by atoms with Gasteiger partial charge in [-0.2, -0.15) is 0 Å². The molecule has 0 radical (unpaired) electrons. The van der Waals surface area contributed by atoms with Crippen molar-refractivity contribution in [1.82, 2.24) is 9.88 Å². The van der Waals surface area contributed by atoms with Gasteiger partial charge in [-0.1, -0.05) is 24.3 Å². The quantitative estimate of drug-likeness (QED) is 0.474. The Balaban J connectivity index is 1.29. The number of rotatable bonds is 8. The number of aromatic nitrogens is 1. The molecule has 1 fully saturated rings. The number of anilines is 1. The molecule has 186 valence electrons. The summed E-state index contributed by atoms with van der Waals surface area (Å²) in [6, 6.07) is 11.4. The molecule has 0 bridgehead atoms. The molecule has 8 heteroatoms. The third-order valence-electron chi connectivity index (χ3n) is 5.98. The molecule has 35 heavy (non-hydrogen) atoms. The van der Waals surface area contributed by atoms with Crippen LogP contribution in [0.25, 0.3) is 0 Å². The van der Waals surface area contributed by atoms with Crippen LogP contribution in [0.3, 0.4) is 0 Å². The smallest absolute Gasteiger partial charge is 0.342 e. The van der Waals surface area contributed by atoms with E-state index in [1.165, 1.54) is 6.08 Å². The molecule has 2 heterocycles. The van der Waals surface area contributed by atoms with Crippen LogP contribution < -0.4 is 4.90 Å². The molecule has 4 rings (SSSR count). The number of halogens is 2. The van der Waals surface area contributed by atoms with Crippen LogP contribution >= 0.6 is 0 Å². The van der Waals surface area contributed by atoms with Gasteiger partial charge in [0.05, 0.1) is 6.10 Å². The van der Waals surface area contributed by atoms with Gasteiger partial charge in [-0.15, -0.1) is 0 Å². The first-order valence-corrected chi connectivity index (χ1v) is 12.0. The van der Waals surface area contributed by atoms with Gasteiger partial charge in [-0.05, 0) is 49.6 Å². The van der Waals surface area contributed by atoms with Gasteiger partial charge in [-0.3, -0.25) is 4.90 Å².